The summed E-state index contributed by atoms with van der Waals surface area (Å²) in [5.74, 6) is 0. The largest absolute Gasteiger partial charge is 1.00 e. The topological polar surface area (TPSA) is 0 Å². The summed E-state index contributed by atoms with van der Waals surface area (Å²) < 4.78 is 0. The molecule has 0 saturated heterocycles. The van der Waals surface area contributed by atoms with Gasteiger partial charge in [-0.1, -0.05) is 6.92 Å². The van der Waals surface area contributed by atoms with Crippen molar-refractivity contribution in [3.8, 4) is 0 Å². The molecular weight excluding hydrogens is 59.0 g/mol. The minimum atomic E-state index is 0. The number of hydrogen-bond donors (Lipinski definition) is 0. The van der Waals surface area contributed by atoms with Crippen LogP contribution in [0.4, 0.5) is 0 Å². The van der Waals surface area contributed by atoms with Gasteiger partial charge in [0.1, 0.15) is 0 Å². The van der Waals surface area contributed by atoms with Crippen molar-refractivity contribution in [2.24, 2.45) is 0 Å². The first kappa shape index (κ1) is 8.89. The molecule has 0 aromatic heterocycles. The first-order chi connectivity index (χ1) is 1.41. The fraction of sp³-hybridized carbons (Fsp3) is 0.667. The van der Waals surface area contributed by atoms with Gasteiger partial charge in [0, 0.05) is 0 Å². The smallest absolute Gasteiger partial charge is 0.344 e. The van der Waals surface area contributed by atoms with Crippen LogP contribution >= 0.6 is 0 Å². The van der Waals surface area contributed by atoms with Crippen LogP contribution in [-0.2, 0) is 0 Å². The summed E-state index contributed by atoms with van der Waals surface area (Å²) in [4.78, 5) is 0. The van der Waals surface area contributed by atoms with Crippen LogP contribution in [0.25, 0.3) is 0 Å². The fourth-order valence-corrected chi connectivity index (χ4v) is 0. The van der Waals surface area contributed by atoms with Crippen LogP contribution in [-0.4, -0.2) is 0 Å². The summed E-state index contributed by atoms with van der Waals surface area (Å²) in [7, 11) is 0. The molecule has 0 aliphatic carbocycles. The van der Waals surface area contributed by atoms with Crippen molar-refractivity contribution >= 4 is 0 Å². The van der Waals surface area contributed by atoms with E-state index in [9.17, 15) is 0 Å². The molecule has 4 heavy (non-hydrogen) atoms. The Morgan fingerprint density at radius 1 is 1.75 bits per heavy atom. The summed E-state index contributed by atoms with van der Waals surface area (Å²) in [5, 5.41) is 0. The van der Waals surface area contributed by atoms with Gasteiger partial charge in [-0.25, -0.2) is 0 Å². The van der Waals surface area contributed by atoms with Gasteiger partial charge in [-0.3, -0.25) is 0 Å². The van der Waals surface area contributed by atoms with Crippen LogP contribution in [0.3, 0.4) is 0 Å². The van der Waals surface area contributed by atoms with E-state index in [-0.39, 0.29) is 29.6 Å². The standard InChI is InChI=1S/C3H7.Na/c1-3-2;/h1,3H2,2H3;/q-1;+1. The van der Waals surface area contributed by atoms with E-state index in [0.29, 0.717) is 0 Å². The van der Waals surface area contributed by atoms with Gasteiger partial charge >= 0.3 is 29.6 Å². The van der Waals surface area contributed by atoms with Gasteiger partial charge in [0.2, 0.25) is 0 Å². The molecule has 0 spiro atoms. The molecule has 0 aliphatic rings. The van der Waals surface area contributed by atoms with E-state index < -0.39 is 0 Å². The normalized spacial score (nSPS) is 4.50. The van der Waals surface area contributed by atoms with Gasteiger partial charge in [0.15, 0.2) is 0 Å². The monoisotopic (exact) mass is 66.0 g/mol. The van der Waals surface area contributed by atoms with Crippen molar-refractivity contribution in [2.45, 2.75) is 13.3 Å². The summed E-state index contributed by atoms with van der Waals surface area (Å²) in [5.41, 5.74) is 0. The Hall–Kier alpha value is 1.00. The zero-order chi connectivity index (χ0) is 2.71. The van der Waals surface area contributed by atoms with E-state index in [1.54, 1.807) is 0 Å². The van der Waals surface area contributed by atoms with Gasteiger partial charge in [-0.2, -0.15) is 6.42 Å². The van der Waals surface area contributed by atoms with Gasteiger partial charge in [-0.05, 0) is 0 Å². The fourth-order valence-electron chi connectivity index (χ4n) is 0. The molecule has 0 radical (unpaired) electrons. The quantitative estimate of drug-likeness (QED) is 0.232. The second-order valence-corrected chi connectivity index (χ2v) is 0.500. The third-order valence-corrected chi connectivity index (χ3v) is 0. The van der Waals surface area contributed by atoms with Crippen molar-refractivity contribution in [3.05, 3.63) is 6.92 Å². The van der Waals surface area contributed by atoms with Crippen LogP contribution in [0.2, 0.25) is 0 Å². The maximum absolute atomic E-state index is 3.49. The molecule has 0 saturated carbocycles. The SMILES string of the molecule is [CH2-]CC.[Na+]. The maximum Gasteiger partial charge on any atom is 1.00 e. The first-order valence-corrected chi connectivity index (χ1v) is 1.21. The Bertz CT molecular complexity index is 3.25. The minimum absolute atomic E-state index is 0. The molecule has 0 amide bonds. The van der Waals surface area contributed by atoms with Gasteiger partial charge < -0.3 is 6.92 Å². The van der Waals surface area contributed by atoms with E-state index in [1.807, 2.05) is 6.92 Å². The Kier molecular flexibility index (Phi) is 20.0. The van der Waals surface area contributed by atoms with E-state index in [1.165, 1.54) is 0 Å². The zero-order valence-electron chi connectivity index (χ0n) is 3.41. The summed E-state index contributed by atoms with van der Waals surface area (Å²) in [6, 6.07) is 0. The molecule has 0 rings (SSSR count). The molecule has 0 aliphatic heterocycles. The molecule has 1 heteroatoms. The Morgan fingerprint density at radius 3 is 1.75 bits per heavy atom. The molecule has 0 fully saturated rings. The van der Waals surface area contributed by atoms with E-state index in [2.05, 4.69) is 6.92 Å². The molecular formula is C3H7Na. The van der Waals surface area contributed by atoms with Crippen molar-refractivity contribution in [1.82, 2.24) is 0 Å². The number of hydrogen-bond acceptors (Lipinski definition) is 0. The molecule has 0 heterocycles. The second-order valence-electron chi connectivity index (χ2n) is 0.500. The van der Waals surface area contributed by atoms with E-state index in [0.717, 1.165) is 6.42 Å². The molecule has 0 N–H and O–H groups in total. The van der Waals surface area contributed by atoms with Gasteiger partial charge in [-0.15, -0.1) is 0 Å². The zero-order valence-corrected chi connectivity index (χ0v) is 5.41. The predicted octanol–water partition coefficient (Wildman–Crippen LogP) is -1.77. The Morgan fingerprint density at radius 2 is 1.75 bits per heavy atom. The van der Waals surface area contributed by atoms with Crippen LogP contribution < -0.4 is 29.6 Å². The van der Waals surface area contributed by atoms with Crippen molar-refractivity contribution in [2.75, 3.05) is 0 Å². The minimum Gasteiger partial charge on any atom is -0.344 e. The third kappa shape index (κ3) is 12.0. The van der Waals surface area contributed by atoms with Gasteiger partial charge in [0.05, 0.1) is 0 Å². The van der Waals surface area contributed by atoms with E-state index >= 15 is 0 Å². The summed E-state index contributed by atoms with van der Waals surface area (Å²) in [6.45, 7) is 5.50. The predicted molar refractivity (Wildman–Crippen MR) is 15.6 cm³/mol. The molecule has 0 nitrogen and oxygen atoms in total. The Balaban J connectivity index is 0. The van der Waals surface area contributed by atoms with Crippen LogP contribution in [0.1, 0.15) is 13.3 Å². The second kappa shape index (κ2) is 9.00. The molecule has 0 aromatic rings. The maximum atomic E-state index is 3.49. The molecule has 0 atom stereocenters. The molecule has 0 aromatic carbocycles. The average molecular weight is 66.1 g/mol. The van der Waals surface area contributed by atoms with Crippen molar-refractivity contribution < 1.29 is 29.6 Å². The molecule has 20 valence electrons. The van der Waals surface area contributed by atoms with Crippen LogP contribution in [0.15, 0.2) is 0 Å². The van der Waals surface area contributed by atoms with Crippen LogP contribution in [0.5, 0.6) is 0 Å². The van der Waals surface area contributed by atoms with Crippen LogP contribution in [0, 0.1) is 6.92 Å². The first-order valence-electron chi connectivity index (χ1n) is 1.21. The van der Waals surface area contributed by atoms with E-state index in [4.69, 9.17) is 0 Å². The third-order valence-electron chi connectivity index (χ3n) is 0. The number of rotatable bonds is 0. The summed E-state index contributed by atoms with van der Waals surface area (Å²) >= 11 is 0. The Labute approximate surface area is 49.9 Å². The summed E-state index contributed by atoms with van der Waals surface area (Å²) in [6.07, 6.45) is 1.00. The average Bonchev–Trinajstić information content (AvgIpc) is 0.918. The molecule has 0 unspecified atom stereocenters. The molecule has 0 bridgehead atoms. The van der Waals surface area contributed by atoms with Crippen molar-refractivity contribution in [1.29, 1.82) is 0 Å². The van der Waals surface area contributed by atoms with Gasteiger partial charge in [0.25, 0.3) is 0 Å². The van der Waals surface area contributed by atoms with Crippen molar-refractivity contribution in [3.63, 3.8) is 0 Å².